The van der Waals surface area contributed by atoms with Gasteiger partial charge in [0.15, 0.2) is 0 Å². The van der Waals surface area contributed by atoms with E-state index in [-0.39, 0.29) is 6.15 Å². The first-order valence-corrected chi connectivity index (χ1v) is 1.81. The van der Waals surface area contributed by atoms with Gasteiger partial charge < -0.3 is 16.4 Å². The number of halogens is 1. The van der Waals surface area contributed by atoms with Crippen molar-refractivity contribution in [1.29, 1.82) is 0 Å². The summed E-state index contributed by atoms with van der Waals surface area (Å²) >= 11 is 0. The van der Waals surface area contributed by atoms with E-state index in [1.807, 2.05) is 0 Å². The van der Waals surface area contributed by atoms with Crippen LogP contribution >= 0.6 is 0 Å². The Labute approximate surface area is 50.9 Å². The molecule has 56 valence electrons. The van der Waals surface area contributed by atoms with Crippen LogP contribution in [-0.2, 0) is 4.79 Å². The molecule has 0 aromatic heterocycles. The molecule has 6 heteroatoms. The van der Waals surface area contributed by atoms with Crippen molar-refractivity contribution >= 4 is 5.97 Å². The molecule has 1 atom stereocenters. The number of aliphatic carboxylic acids is 1. The smallest absolute Gasteiger partial charge is 0.353 e. The lowest BCUT2D eigenvalue weighted by Crippen LogP contribution is -2.49. The highest BCUT2D eigenvalue weighted by atomic mass is 19.1. The summed E-state index contributed by atoms with van der Waals surface area (Å²) in [5.74, 6) is -1.76. The van der Waals surface area contributed by atoms with Crippen molar-refractivity contribution in [3.63, 3.8) is 0 Å². The standard InChI is InChI=1S/C3H6FNO3.H3N/c4-1-3(5,8)2(6)7;/h8H,1,5H2,(H,6,7);1H3. The van der Waals surface area contributed by atoms with E-state index in [0.717, 1.165) is 0 Å². The van der Waals surface area contributed by atoms with Crippen LogP contribution < -0.4 is 11.9 Å². The van der Waals surface area contributed by atoms with Crippen LogP contribution in [0.3, 0.4) is 0 Å². The lowest BCUT2D eigenvalue weighted by molar-refractivity contribution is -0.159. The number of nitrogens with two attached hydrogens (primary N) is 1. The number of aliphatic hydroxyl groups is 1. The number of carboxylic acid groups (broad SMARTS) is 1. The van der Waals surface area contributed by atoms with Crippen LogP contribution in [0.1, 0.15) is 0 Å². The van der Waals surface area contributed by atoms with Gasteiger partial charge in [0.05, 0.1) is 0 Å². The maximum Gasteiger partial charge on any atom is 0.353 e. The van der Waals surface area contributed by atoms with Crippen LogP contribution in [0.4, 0.5) is 4.39 Å². The van der Waals surface area contributed by atoms with E-state index in [4.69, 9.17) is 10.2 Å². The highest BCUT2D eigenvalue weighted by Gasteiger charge is 2.30. The van der Waals surface area contributed by atoms with Crippen LogP contribution in [0.5, 0.6) is 0 Å². The number of carbonyl (C=O) groups is 1. The minimum absolute atomic E-state index is 0. The monoisotopic (exact) mass is 140 g/mol. The number of hydrogen-bond acceptors (Lipinski definition) is 4. The second kappa shape index (κ2) is 3.33. The van der Waals surface area contributed by atoms with E-state index in [9.17, 15) is 9.18 Å². The molecule has 0 aromatic rings. The van der Waals surface area contributed by atoms with E-state index in [1.54, 1.807) is 0 Å². The van der Waals surface area contributed by atoms with E-state index in [2.05, 4.69) is 5.73 Å². The minimum atomic E-state index is -2.71. The molecule has 0 aliphatic rings. The largest absolute Gasteiger partial charge is 0.478 e. The van der Waals surface area contributed by atoms with Crippen molar-refractivity contribution in [3.05, 3.63) is 0 Å². The Morgan fingerprint density at radius 3 is 2.11 bits per heavy atom. The molecular formula is C3H9FN2O3. The van der Waals surface area contributed by atoms with Crippen LogP contribution in [0.2, 0.25) is 0 Å². The van der Waals surface area contributed by atoms with Crippen molar-refractivity contribution < 1.29 is 19.4 Å². The maximum absolute atomic E-state index is 11.3. The summed E-state index contributed by atoms with van der Waals surface area (Å²) in [5.41, 5.74) is 1.73. The Balaban J connectivity index is 0. The first-order chi connectivity index (χ1) is 3.50. The predicted molar refractivity (Wildman–Crippen MR) is 27.8 cm³/mol. The van der Waals surface area contributed by atoms with Crippen LogP contribution in [-0.4, -0.2) is 28.6 Å². The number of carboxylic acids is 1. The molecule has 0 amide bonds. The van der Waals surface area contributed by atoms with Gasteiger partial charge in [-0.15, -0.1) is 0 Å². The van der Waals surface area contributed by atoms with Gasteiger partial charge in [-0.05, 0) is 0 Å². The Morgan fingerprint density at radius 2 is 2.11 bits per heavy atom. The second-order valence-corrected chi connectivity index (χ2v) is 1.36. The van der Waals surface area contributed by atoms with E-state index in [0.29, 0.717) is 0 Å². The van der Waals surface area contributed by atoms with Crippen molar-refractivity contribution in [2.24, 2.45) is 5.73 Å². The molecule has 0 aromatic carbocycles. The maximum atomic E-state index is 11.3. The first-order valence-electron chi connectivity index (χ1n) is 1.81. The van der Waals surface area contributed by atoms with Crippen molar-refractivity contribution in [2.45, 2.75) is 5.72 Å². The summed E-state index contributed by atoms with van der Waals surface area (Å²) in [6.07, 6.45) is 0. The molecule has 0 aliphatic heterocycles. The Kier molecular flexibility index (Phi) is 4.12. The lowest BCUT2D eigenvalue weighted by Gasteiger charge is -2.10. The van der Waals surface area contributed by atoms with E-state index < -0.39 is 18.4 Å². The van der Waals surface area contributed by atoms with E-state index >= 15 is 0 Å². The zero-order valence-electron chi connectivity index (χ0n) is 4.67. The van der Waals surface area contributed by atoms with Crippen molar-refractivity contribution in [1.82, 2.24) is 6.15 Å². The normalized spacial score (nSPS) is 15.4. The fraction of sp³-hybridized carbons (Fsp3) is 0.667. The molecule has 0 bridgehead atoms. The highest BCUT2D eigenvalue weighted by molar-refractivity contribution is 5.76. The zero-order chi connectivity index (χ0) is 6.78. The zero-order valence-corrected chi connectivity index (χ0v) is 4.67. The summed E-state index contributed by atoms with van der Waals surface area (Å²) in [6, 6.07) is 0. The van der Waals surface area contributed by atoms with Gasteiger partial charge in [0.2, 0.25) is 5.72 Å². The molecule has 0 spiro atoms. The van der Waals surface area contributed by atoms with Gasteiger partial charge in [-0.3, -0.25) is 5.73 Å². The van der Waals surface area contributed by atoms with E-state index in [1.165, 1.54) is 0 Å². The van der Waals surface area contributed by atoms with Gasteiger partial charge in [-0.2, -0.15) is 0 Å². The molecule has 0 rings (SSSR count). The minimum Gasteiger partial charge on any atom is -0.478 e. The van der Waals surface area contributed by atoms with Gasteiger partial charge >= 0.3 is 5.97 Å². The quantitative estimate of drug-likeness (QED) is 0.361. The van der Waals surface area contributed by atoms with Crippen LogP contribution in [0.25, 0.3) is 0 Å². The fourth-order valence-corrected chi connectivity index (χ4v) is 0.0572. The molecule has 0 radical (unpaired) electrons. The molecule has 9 heavy (non-hydrogen) atoms. The van der Waals surface area contributed by atoms with Gasteiger partial charge in [0.25, 0.3) is 0 Å². The summed E-state index contributed by atoms with van der Waals surface area (Å²) in [6.45, 7) is -1.48. The van der Waals surface area contributed by atoms with Crippen LogP contribution in [0.15, 0.2) is 0 Å². The van der Waals surface area contributed by atoms with Gasteiger partial charge in [-0.1, -0.05) is 0 Å². The first kappa shape index (κ1) is 11.1. The third-order valence-electron chi connectivity index (χ3n) is 0.574. The fourth-order valence-electron chi connectivity index (χ4n) is 0.0572. The lowest BCUT2D eigenvalue weighted by atomic mass is 10.3. The molecule has 0 aliphatic carbocycles. The molecule has 0 saturated heterocycles. The summed E-state index contributed by atoms with van der Waals surface area (Å²) in [7, 11) is 0. The third kappa shape index (κ3) is 2.96. The molecule has 0 saturated carbocycles. The van der Waals surface area contributed by atoms with Crippen LogP contribution in [0, 0.1) is 0 Å². The second-order valence-electron chi connectivity index (χ2n) is 1.36. The Bertz CT molecular complexity index is 105. The predicted octanol–water partition coefficient (Wildman–Crippen LogP) is -1.15. The average Bonchev–Trinajstić information content (AvgIpc) is 1.67. The topological polar surface area (TPSA) is 119 Å². The van der Waals surface area contributed by atoms with Crippen molar-refractivity contribution in [2.75, 3.05) is 6.67 Å². The molecular weight excluding hydrogens is 131 g/mol. The molecule has 5 nitrogen and oxygen atoms in total. The van der Waals surface area contributed by atoms with Gasteiger partial charge in [-0.25, -0.2) is 9.18 Å². The average molecular weight is 140 g/mol. The van der Waals surface area contributed by atoms with Gasteiger partial charge in [0.1, 0.15) is 6.67 Å². The summed E-state index contributed by atoms with van der Waals surface area (Å²) < 4.78 is 11.3. The third-order valence-corrected chi connectivity index (χ3v) is 0.574. The summed E-state index contributed by atoms with van der Waals surface area (Å²) in [5, 5.41) is 16.0. The molecule has 0 fully saturated rings. The van der Waals surface area contributed by atoms with Gasteiger partial charge in [0, 0.05) is 0 Å². The SMILES string of the molecule is N.NC(O)(CF)C(=O)O. The number of rotatable bonds is 2. The summed E-state index contributed by atoms with van der Waals surface area (Å²) in [4.78, 5) is 9.64. The number of alkyl halides is 1. The Hall–Kier alpha value is -0.720. The molecule has 1 unspecified atom stereocenters. The molecule has 0 heterocycles. The number of hydrogen-bond donors (Lipinski definition) is 4. The molecule has 7 N–H and O–H groups in total. The van der Waals surface area contributed by atoms with Crippen molar-refractivity contribution in [3.8, 4) is 0 Å². The highest BCUT2D eigenvalue weighted by Crippen LogP contribution is 1.93. The Morgan fingerprint density at radius 1 is 1.78 bits per heavy atom.